The molecule has 18 heavy (non-hydrogen) atoms. The second-order valence-electron chi connectivity index (χ2n) is 4.89. The van der Waals surface area contributed by atoms with Crippen LogP contribution < -0.4 is 10.5 Å². The van der Waals surface area contributed by atoms with E-state index >= 15 is 0 Å². The van der Waals surface area contributed by atoms with Crippen LogP contribution in [0.15, 0.2) is 24.3 Å². The first-order valence-corrected chi connectivity index (χ1v) is 6.66. The van der Waals surface area contributed by atoms with Crippen molar-refractivity contribution in [1.29, 1.82) is 0 Å². The van der Waals surface area contributed by atoms with E-state index in [1.807, 2.05) is 38.1 Å². The van der Waals surface area contributed by atoms with Gasteiger partial charge < -0.3 is 15.2 Å². The van der Waals surface area contributed by atoms with Crippen LogP contribution in [0, 0.1) is 0 Å². The summed E-state index contributed by atoms with van der Waals surface area (Å²) in [6, 6.07) is 7.84. The molecule has 0 aliphatic rings. The van der Waals surface area contributed by atoms with Crippen LogP contribution in [0.5, 0.6) is 5.75 Å². The molecule has 2 N–H and O–H groups in total. The van der Waals surface area contributed by atoms with Gasteiger partial charge in [-0.3, -0.25) is 0 Å². The number of benzene rings is 1. The third kappa shape index (κ3) is 5.07. The van der Waals surface area contributed by atoms with E-state index in [1.165, 1.54) is 0 Å². The summed E-state index contributed by atoms with van der Waals surface area (Å²) in [6.45, 7) is 8.75. The van der Waals surface area contributed by atoms with Gasteiger partial charge in [0.2, 0.25) is 0 Å². The predicted molar refractivity (Wildman–Crippen MR) is 74.8 cm³/mol. The molecule has 3 heteroatoms. The first kappa shape index (κ1) is 15.0. The number of nitrogens with two attached hydrogens (primary N) is 1. The van der Waals surface area contributed by atoms with Crippen molar-refractivity contribution in [3.8, 4) is 5.75 Å². The molecule has 0 aliphatic heterocycles. The average Bonchev–Trinajstić information content (AvgIpc) is 2.35. The molecular weight excluding hydrogens is 226 g/mol. The third-order valence-corrected chi connectivity index (χ3v) is 2.82. The Labute approximate surface area is 110 Å². The standard InChI is InChI=1S/C15H25NO2/c1-5-12(4)17-10-15(16)13-6-8-14(9-7-13)18-11(2)3/h6-9,11-12,15H,5,10,16H2,1-4H3. The van der Waals surface area contributed by atoms with Gasteiger partial charge in [0.05, 0.1) is 24.9 Å². The lowest BCUT2D eigenvalue weighted by atomic mass is 10.1. The van der Waals surface area contributed by atoms with Gasteiger partial charge >= 0.3 is 0 Å². The molecule has 0 spiro atoms. The molecule has 0 radical (unpaired) electrons. The highest BCUT2D eigenvalue weighted by Gasteiger charge is 2.08. The SMILES string of the molecule is CCC(C)OCC(N)c1ccc(OC(C)C)cc1. The van der Waals surface area contributed by atoms with Gasteiger partial charge in [-0.2, -0.15) is 0 Å². The first-order chi connectivity index (χ1) is 8.52. The zero-order valence-electron chi connectivity index (χ0n) is 11.8. The maximum atomic E-state index is 6.08. The molecule has 3 nitrogen and oxygen atoms in total. The lowest BCUT2D eigenvalue weighted by Gasteiger charge is -2.17. The van der Waals surface area contributed by atoms with Crippen LogP contribution in [0.2, 0.25) is 0 Å². The summed E-state index contributed by atoms with van der Waals surface area (Å²) >= 11 is 0. The van der Waals surface area contributed by atoms with Crippen LogP contribution in [-0.4, -0.2) is 18.8 Å². The van der Waals surface area contributed by atoms with Gasteiger partial charge in [-0.05, 0) is 44.9 Å². The summed E-state index contributed by atoms with van der Waals surface area (Å²) in [4.78, 5) is 0. The fourth-order valence-electron chi connectivity index (χ4n) is 1.55. The number of hydrogen-bond acceptors (Lipinski definition) is 3. The monoisotopic (exact) mass is 251 g/mol. The maximum Gasteiger partial charge on any atom is 0.119 e. The molecule has 0 saturated heterocycles. The van der Waals surface area contributed by atoms with Crippen molar-refractivity contribution in [3.63, 3.8) is 0 Å². The number of hydrogen-bond donors (Lipinski definition) is 1. The highest BCUT2D eigenvalue weighted by Crippen LogP contribution is 2.18. The molecule has 2 unspecified atom stereocenters. The number of rotatable bonds is 7. The van der Waals surface area contributed by atoms with E-state index in [-0.39, 0.29) is 18.2 Å². The Balaban J connectivity index is 2.50. The van der Waals surface area contributed by atoms with Crippen molar-refractivity contribution in [2.24, 2.45) is 5.73 Å². The van der Waals surface area contributed by atoms with E-state index in [9.17, 15) is 0 Å². The summed E-state index contributed by atoms with van der Waals surface area (Å²) in [7, 11) is 0. The Morgan fingerprint density at radius 1 is 1.11 bits per heavy atom. The third-order valence-electron chi connectivity index (χ3n) is 2.82. The highest BCUT2D eigenvalue weighted by atomic mass is 16.5. The quantitative estimate of drug-likeness (QED) is 0.808. The minimum atomic E-state index is -0.0768. The molecule has 0 saturated carbocycles. The molecule has 1 aromatic carbocycles. The minimum absolute atomic E-state index is 0.0768. The summed E-state index contributed by atoms with van der Waals surface area (Å²) in [5.41, 5.74) is 7.16. The summed E-state index contributed by atoms with van der Waals surface area (Å²) in [5, 5.41) is 0. The minimum Gasteiger partial charge on any atom is -0.491 e. The van der Waals surface area contributed by atoms with E-state index in [0.29, 0.717) is 6.61 Å². The fourth-order valence-corrected chi connectivity index (χ4v) is 1.55. The van der Waals surface area contributed by atoms with Crippen molar-refractivity contribution >= 4 is 0 Å². The molecule has 0 bridgehead atoms. The Bertz CT molecular complexity index is 335. The molecule has 1 aromatic rings. The van der Waals surface area contributed by atoms with E-state index in [2.05, 4.69) is 13.8 Å². The van der Waals surface area contributed by atoms with Crippen molar-refractivity contribution < 1.29 is 9.47 Å². The Morgan fingerprint density at radius 2 is 1.72 bits per heavy atom. The largest absolute Gasteiger partial charge is 0.491 e. The van der Waals surface area contributed by atoms with Crippen molar-refractivity contribution in [3.05, 3.63) is 29.8 Å². The van der Waals surface area contributed by atoms with Gasteiger partial charge in [-0.15, -0.1) is 0 Å². The van der Waals surface area contributed by atoms with Crippen molar-refractivity contribution in [2.45, 2.75) is 52.4 Å². The van der Waals surface area contributed by atoms with E-state index in [4.69, 9.17) is 15.2 Å². The molecule has 1 rings (SSSR count). The zero-order chi connectivity index (χ0) is 13.5. The summed E-state index contributed by atoms with van der Waals surface area (Å²) in [5.74, 6) is 0.879. The van der Waals surface area contributed by atoms with E-state index < -0.39 is 0 Å². The van der Waals surface area contributed by atoms with Gasteiger partial charge in [-0.25, -0.2) is 0 Å². The Morgan fingerprint density at radius 3 is 2.22 bits per heavy atom. The van der Waals surface area contributed by atoms with E-state index in [0.717, 1.165) is 17.7 Å². The molecule has 102 valence electrons. The highest BCUT2D eigenvalue weighted by molar-refractivity contribution is 5.29. The molecular formula is C15H25NO2. The molecule has 0 aliphatic carbocycles. The molecule has 0 fully saturated rings. The van der Waals surface area contributed by atoms with Gasteiger partial charge in [0, 0.05) is 0 Å². The van der Waals surface area contributed by atoms with Crippen LogP contribution in [0.3, 0.4) is 0 Å². The van der Waals surface area contributed by atoms with Gasteiger partial charge in [0.1, 0.15) is 5.75 Å². The van der Waals surface area contributed by atoms with Crippen LogP contribution in [0.4, 0.5) is 0 Å². The van der Waals surface area contributed by atoms with Crippen LogP contribution in [0.25, 0.3) is 0 Å². The Hall–Kier alpha value is -1.06. The normalized spacial score (nSPS) is 14.6. The van der Waals surface area contributed by atoms with Gasteiger partial charge in [0.15, 0.2) is 0 Å². The predicted octanol–water partition coefficient (Wildman–Crippen LogP) is 3.29. The topological polar surface area (TPSA) is 44.5 Å². The lowest BCUT2D eigenvalue weighted by molar-refractivity contribution is 0.0539. The Kier molecular flexibility index (Phi) is 6.16. The second kappa shape index (κ2) is 7.39. The van der Waals surface area contributed by atoms with Gasteiger partial charge in [-0.1, -0.05) is 19.1 Å². The molecule has 0 amide bonds. The molecule has 0 aromatic heterocycles. The summed E-state index contributed by atoms with van der Waals surface area (Å²) < 4.78 is 11.2. The van der Waals surface area contributed by atoms with Crippen LogP contribution in [0.1, 0.15) is 45.7 Å². The fraction of sp³-hybridized carbons (Fsp3) is 0.600. The molecule has 2 atom stereocenters. The second-order valence-corrected chi connectivity index (χ2v) is 4.89. The average molecular weight is 251 g/mol. The first-order valence-electron chi connectivity index (χ1n) is 6.66. The van der Waals surface area contributed by atoms with E-state index in [1.54, 1.807) is 0 Å². The number of ether oxygens (including phenoxy) is 2. The van der Waals surface area contributed by atoms with Crippen molar-refractivity contribution in [1.82, 2.24) is 0 Å². The van der Waals surface area contributed by atoms with Crippen molar-refractivity contribution in [2.75, 3.05) is 6.61 Å². The van der Waals surface area contributed by atoms with Crippen LogP contribution >= 0.6 is 0 Å². The maximum absolute atomic E-state index is 6.08. The molecule has 0 heterocycles. The van der Waals surface area contributed by atoms with Crippen LogP contribution in [-0.2, 0) is 4.74 Å². The summed E-state index contributed by atoms with van der Waals surface area (Å²) in [6.07, 6.45) is 1.46. The van der Waals surface area contributed by atoms with Gasteiger partial charge in [0.25, 0.3) is 0 Å². The smallest absolute Gasteiger partial charge is 0.119 e. The zero-order valence-corrected chi connectivity index (χ0v) is 11.8. The lowest BCUT2D eigenvalue weighted by Crippen LogP contribution is -2.20.